The molecule has 0 rings (SSSR count). The summed E-state index contributed by atoms with van der Waals surface area (Å²) in [6.45, 7) is 6.52. The van der Waals surface area contributed by atoms with Crippen LogP contribution in [0.25, 0.3) is 0 Å². The molecule has 0 radical (unpaired) electrons. The Labute approximate surface area is 58.6 Å². The van der Waals surface area contributed by atoms with Crippen LogP contribution < -0.4 is 5.73 Å². The Morgan fingerprint density at radius 3 is 2.22 bits per heavy atom. The molecular weight excluding hydrogens is 110 g/mol. The van der Waals surface area contributed by atoms with E-state index in [1.807, 2.05) is 0 Å². The van der Waals surface area contributed by atoms with E-state index in [2.05, 4.69) is 20.8 Å². The molecular formula is C8H19N. The summed E-state index contributed by atoms with van der Waals surface area (Å²) in [4.78, 5) is 0. The standard InChI is InChI=1S/C8H19N/c1-4-5-6-7(2)8(3)9/h7-8H,4-6,9H2,1-3H3/t7-,8+/m1/s1. The lowest BCUT2D eigenvalue weighted by atomic mass is 9.98. The molecule has 56 valence electrons. The van der Waals surface area contributed by atoms with Gasteiger partial charge in [0.1, 0.15) is 0 Å². The van der Waals surface area contributed by atoms with Gasteiger partial charge in [0.05, 0.1) is 0 Å². The van der Waals surface area contributed by atoms with Crippen molar-refractivity contribution in [1.82, 2.24) is 0 Å². The molecule has 0 aliphatic heterocycles. The van der Waals surface area contributed by atoms with Crippen molar-refractivity contribution in [2.45, 2.75) is 46.1 Å². The Hall–Kier alpha value is -0.0400. The Balaban J connectivity index is 3.16. The molecule has 2 N–H and O–H groups in total. The van der Waals surface area contributed by atoms with Crippen LogP contribution in [0.1, 0.15) is 40.0 Å². The summed E-state index contributed by atoms with van der Waals surface area (Å²) in [5.41, 5.74) is 5.68. The summed E-state index contributed by atoms with van der Waals surface area (Å²) in [6.07, 6.45) is 3.90. The van der Waals surface area contributed by atoms with Crippen LogP contribution in [-0.2, 0) is 0 Å². The van der Waals surface area contributed by atoms with Gasteiger partial charge in [-0.3, -0.25) is 0 Å². The zero-order valence-corrected chi connectivity index (χ0v) is 6.85. The highest BCUT2D eigenvalue weighted by molar-refractivity contribution is 4.62. The molecule has 0 heterocycles. The lowest BCUT2D eigenvalue weighted by molar-refractivity contribution is 0.435. The zero-order valence-electron chi connectivity index (χ0n) is 6.85. The van der Waals surface area contributed by atoms with Gasteiger partial charge in [-0.25, -0.2) is 0 Å². The van der Waals surface area contributed by atoms with Crippen LogP contribution >= 0.6 is 0 Å². The van der Waals surface area contributed by atoms with Crippen molar-refractivity contribution in [3.63, 3.8) is 0 Å². The van der Waals surface area contributed by atoms with Gasteiger partial charge in [0.25, 0.3) is 0 Å². The van der Waals surface area contributed by atoms with Crippen LogP contribution in [0.4, 0.5) is 0 Å². The third kappa shape index (κ3) is 4.46. The molecule has 2 atom stereocenters. The first kappa shape index (κ1) is 8.96. The van der Waals surface area contributed by atoms with E-state index in [1.165, 1.54) is 19.3 Å². The van der Waals surface area contributed by atoms with Crippen LogP contribution in [0.3, 0.4) is 0 Å². The molecule has 0 spiro atoms. The molecule has 0 saturated carbocycles. The maximum atomic E-state index is 5.68. The first-order valence-electron chi connectivity index (χ1n) is 3.94. The van der Waals surface area contributed by atoms with E-state index in [4.69, 9.17) is 5.73 Å². The number of hydrogen-bond donors (Lipinski definition) is 1. The Morgan fingerprint density at radius 2 is 1.89 bits per heavy atom. The fourth-order valence-electron chi connectivity index (χ4n) is 0.789. The van der Waals surface area contributed by atoms with E-state index in [9.17, 15) is 0 Å². The minimum atomic E-state index is 0.372. The van der Waals surface area contributed by atoms with Crippen LogP contribution in [0.5, 0.6) is 0 Å². The van der Waals surface area contributed by atoms with Crippen molar-refractivity contribution >= 4 is 0 Å². The average molecular weight is 129 g/mol. The van der Waals surface area contributed by atoms with Gasteiger partial charge in [-0.15, -0.1) is 0 Å². The molecule has 0 aliphatic rings. The number of hydrogen-bond acceptors (Lipinski definition) is 1. The lowest BCUT2D eigenvalue weighted by Gasteiger charge is -2.13. The second-order valence-electron chi connectivity index (χ2n) is 2.98. The van der Waals surface area contributed by atoms with E-state index in [-0.39, 0.29) is 0 Å². The molecule has 0 amide bonds. The van der Waals surface area contributed by atoms with Gasteiger partial charge in [0.2, 0.25) is 0 Å². The third-order valence-corrected chi connectivity index (χ3v) is 1.91. The largest absolute Gasteiger partial charge is 0.328 e. The zero-order chi connectivity index (χ0) is 7.28. The first-order valence-corrected chi connectivity index (χ1v) is 3.94. The van der Waals surface area contributed by atoms with Crippen LogP contribution in [0.15, 0.2) is 0 Å². The fourth-order valence-corrected chi connectivity index (χ4v) is 0.789. The normalized spacial score (nSPS) is 17.3. The van der Waals surface area contributed by atoms with Gasteiger partial charge in [0, 0.05) is 6.04 Å². The molecule has 0 aromatic heterocycles. The molecule has 0 aliphatic carbocycles. The molecule has 0 fully saturated rings. The number of unbranched alkanes of at least 4 members (excludes halogenated alkanes) is 1. The van der Waals surface area contributed by atoms with E-state index < -0.39 is 0 Å². The second kappa shape index (κ2) is 4.80. The molecule has 0 unspecified atom stereocenters. The molecule has 9 heavy (non-hydrogen) atoms. The van der Waals surface area contributed by atoms with Crippen LogP contribution in [-0.4, -0.2) is 6.04 Å². The van der Waals surface area contributed by atoms with Gasteiger partial charge in [-0.05, 0) is 19.3 Å². The van der Waals surface area contributed by atoms with Gasteiger partial charge >= 0.3 is 0 Å². The molecule has 0 bridgehead atoms. The predicted molar refractivity (Wildman–Crippen MR) is 42.3 cm³/mol. The number of nitrogens with two attached hydrogens (primary N) is 1. The van der Waals surface area contributed by atoms with Crippen molar-refractivity contribution in [2.24, 2.45) is 11.7 Å². The van der Waals surface area contributed by atoms with Crippen molar-refractivity contribution in [3.05, 3.63) is 0 Å². The molecule has 0 aromatic carbocycles. The monoisotopic (exact) mass is 129 g/mol. The minimum Gasteiger partial charge on any atom is -0.328 e. The fraction of sp³-hybridized carbons (Fsp3) is 1.00. The highest BCUT2D eigenvalue weighted by Gasteiger charge is 2.04. The highest BCUT2D eigenvalue weighted by atomic mass is 14.6. The SMILES string of the molecule is CCCC[C@@H](C)[C@H](C)N. The van der Waals surface area contributed by atoms with E-state index in [0.29, 0.717) is 12.0 Å². The van der Waals surface area contributed by atoms with Crippen LogP contribution in [0.2, 0.25) is 0 Å². The first-order chi connectivity index (χ1) is 4.18. The molecule has 0 aromatic rings. The van der Waals surface area contributed by atoms with Crippen molar-refractivity contribution in [2.75, 3.05) is 0 Å². The number of rotatable bonds is 4. The predicted octanol–water partition coefficient (Wildman–Crippen LogP) is 2.16. The minimum absolute atomic E-state index is 0.372. The van der Waals surface area contributed by atoms with Crippen molar-refractivity contribution in [3.8, 4) is 0 Å². The Kier molecular flexibility index (Phi) is 4.78. The highest BCUT2D eigenvalue weighted by Crippen LogP contribution is 2.09. The maximum Gasteiger partial charge on any atom is 0.00361 e. The summed E-state index contributed by atoms with van der Waals surface area (Å²) in [5.74, 6) is 0.699. The Bertz CT molecular complexity index is 59.6. The molecule has 1 heteroatoms. The Morgan fingerprint density at radius 1 is 1.33 bits per heavy atom. The smallest absolute Gasteiger partial charge is 0.00361 e. The summed E-state index contributed by atoms with van der Waals surface area (Å²) < 4.78 is 0. The summed E-state index contributed by atoms with van der Waals surface area (Å²) in [6, 6.07) is 0.372. The van der Waals surface area contributed by atoms with E-state index >= 15 is 0 Å². The maximum absolute atomic E-state index is 5.68. The van der Waals surface area contributed by atoms with Crippen molar-refractivity contribution in [1.29, 1.82) is 0 Å². The van der Waals surface area contributed by atoms with Gasteiger partial charge in [0.15, 0.2) is 0 Å². The second-order valence-corrected chi connectivity index (χ2v) is 2.98. The van der Waals surface area contributed by atoms with E-state index in [1.54, 1.807) is 0 Å². The quantitative estimate of drug-likeness (QED) is 0.618. The summed E-state index contributed by atoms with van der Waals surface area (Å²) in [5, 5.41) is 0. The molecule has 0 saturated heterocycles. The van der Waals surface area contributed by atoms with Crippen LogP contribution in [0, 0.1) is 5.92 Å². The van der Waals surface area contributed by atoms with Gasteiger partial charge in [-0.1, -0.05) is 26.7 Å². The topological polar surface area (TPSA) is 26.0 Å². The summed E-state index contributed by atoms with van der Waals surface area (Å²) in [7, 11) is 0. The average Bonchev–Trinajstić information content (AvgIpc) is 1.82. The lowest BCUT2D eigenvalue weighted by Crippen LogP contribution is -2.23. The summed E-state index contributed by atoms with van der Waals surface area (Å²) >= 11 is 0. The van der Waals surface area contributed by atoms with Gasteiger partial charge < -0.3 is 5.73 Å². The van der Waals surface area contributed by atoms with Gasteiger partial charge in [-0.2, -0.15) is 0 Å². The third-order valence-electron chi connectivity index (χ3n) is 1.91. The van der Waals surface area contributed by atoms with Crippen molar-refractivity contribution < 1.29 is 0 Å². The molecule has 1 nitrogen and oxygen atoms in total. The van der Waals surface area contributed by atoms with E-state index in [0.717, 1.165) is 0 Å².